The van der Waals surface area contributed by atoms with Crippen molar-refractivity contribution in [1.82, 2.24) is 0 Å². The van der Waals surface area contributed by atoms with Crippen LogP contribution < -0.4 is 8.95 Å². The summed E-state index contributed by atoms with van der Waals surface area (Å²) in [5.41, 5.74) is -0.221. The number of nitro benzene ring substituents is 1. The predicted octanol–water partition coefficient (Wildman–Crippen LogP) is 0.249. The van der Waals surface area contributed by atoms with E-state index in [2.05, 4.69) is 4.29 Å². The average Bonchev–Trinajstić information content (AvgIpc) is 2.05. The molecule has 0 aliphatic heterocycles. The number of halogens is 1. The van der Waals surface area contributed by atoms with Crippen molar-refractivity contribution in [3.8, 4) is 5.75 Å². The zero-order chi connectivity index (χ0) is 8.97. The van der Waals surface area contributed by atoms with E-state index in [4.69, 9.17) is 0 Å². The molecule has 0 radical (unpaired) electrons. The average molecular weight is 190 g/mol. The fourth-order valence-corrected chi connectivity index (χ4v) is 0.906. The lowest BCUT2D eigenvalue weighted by Crippen LogP contribution is -2.07. The molecule has 1 aromatic carbocycles. The fourth-order valence-electron chi connectivity index (χ4n) is 0.707. The number of nitro groups is 1. The molecule has 0 amide bonds. The van der Waals surface area contributed by atoms with E-state index >= 15 is 0 Å². The maximum absolute atomic E-state index is 10.3. The summed E-state index contributed by atoms with van der Waals surface area (Å²) in [4.78, 5) is 9.69. The molecule has 0 fully saturated rings. The molecule has 5 nitrogen and oxygen atoms in total. The van der Waals surface area contributed by atoms with E-state index in [0.29, 0.717) is 0 Å². The Morgan fingerprint density at radius 2 is 2.08 bits per heavy atom. The number of benzene rings is 1. The summed E-state index contributed by atoms with van der Waals surface area (Å²) in [6, 6.07) is 5.65. The first-order chi connectivity index (χ1) is 5.75. The summed E-state index contributed by atoms with van der Waals surface area (Å²) in [6.45, 7) is 0. The van der Waals surface area contributed by atoms with Crippen molar-refractivity contribution >= 4 is 5.69 Å². The van der Waals surface area contributed by atoms with Crippen molar-refractivity contribution in [3.05, 3.63) is 34.4 Å². The summed E-state index contributed by atoms with van der Waals surface area (Å²) in [5, 5.41) is 10.3. The summed E-state index contributed by atoms with van der Waals surface area (Å²) in [6.07, 6.45) is 0. The first-order valence-corrected chi connectivity index (χ1v) is 3.55. The maximum atomic E-state index is 10.3. The van der Waals surface area contributed by atoms with Gasteiger partial charge in [0, 0.05) is 6.07 Å². The van der Waals surface area contributed by atoms with E-state index in [-0.39, 0.29) is 22.8 Å². The molecule has 6 heteroatoms. The van der Waals surface area contributed by atoms with Gasteiger partial charge in [-0.15, -0.1) is 0 Å². The highest BCUT2D eigenvalue weighted by atomic mass is 35.6. The first-order valence-electron chi connectivity index (χ1n) is 2.93. The van der Waals surface area contributed by atoms with Gasteiger partial charge in [-0.3, -0.25) is 10.1 Å². The van der Waals surface area contributed by atoms with Gasteiger partial charge < -0.3 is 4.66 Å². The fraction of sp³-hybridized carbons (Fsp3) is 0. The predicted molar refractivity (Wildman–Crippen MR) is 33.7 cm³/mol. The molecule has 0 unspecified atom stereocenters. The van der Waals surface area contributed by atoms with Gasteiger partial charge in [0.25, 0.3) is 5.75 Å². The van der Waals surface area contributed by atoms with E-state index in [0.717, 1.165) is 0 Å². The third kappa shape index (κ3) is 1.84. The van der Waals surface area contributed by atoms with Crippen LogP contribution in [-0.4, -0.2) is 4.92 Å². The monoisotopic (exact) mass is 189 g/mol. The topological polar surface area (TPSA) is 75.4 Å². The molecular formula is C6H4ClNO4. The van der Waals surface area contributed by atoms with E-state index in [1.165, 1.54) is 18.2 Å². The summed E-state index contributed by atoms with van der Waals surface area (Å²) >= 11 is 0.263. The Morgan fingerprint density at radius 3 is 2.67 bits per heavy atom. The van der Waals surface area contributed by atoms with Crippen molar-refractivity contribution in [2.45, 2.75) is 0 Å². The summed E-state index contributed by atoms with van der Waals surface area (Å²) < 4.78 is 14.3. The minimum absolute atomic E-state index is 0.0502. The lowest BCUT2D eigenvalue weighted by molar-refractivity contribution is -1.25. The van der Waals surface area contributed by atoms with Crippen LogP contribution in [0.5, 0.6) is 5.75 Å². The van der Waals surface area contributed by atoms with Crippen LogP contribution in [0.2, 0.25) is 0 Å². The Labute approximate surface area is 71.8 Å². The second-order valence-electron chi connectivity index (χ2n) is 1.86. The lowest BCUT2D eigenvalue weighted by Gasteiger charge is -1.93. The highest BCUT2D eigenvalue weighted by Gasteiger charge is 2.16. The Balaban J connectivity index is 3.00. The molecule has 0 bridgehead atoms. The van der Waals surface area contributed by atoms with Crippen LogP contribution in [0.1, 0.15) is 0 Å². The Bertz CT molecular complexity index is 291. The third-order valence-corrected chi connectivity index (χ3v) is 1.41. The molecule has 12 heavy (non-hydrogen) atoms. The van der Waals surface area contributed by atoms with Gasteiger partial charge in [0.05, 0.1) is 4.92 Å². The highest BCUT2D eigenvalue weighted by Crippen LogP contribution is 2.25. The highest BCUT2D eigenvalue weighted by molar-refractivity contribution is 5.45. The molecule has 0 saturated heterocycles. The summed E-state index contributed by atoms with van der Waals surface area (Å²) in [7, 11) is 0. The van der Waals surface area contributed by atoms with Crippen LogP contribution in [0, 0.1) is 21.4 Å². The number of rotatable bonds is 3. The molecule has 64 valence electrons. The quantitative estimate of drug-likeness (QED) is 0.505. The molecule has 1 aromatic rings. The van der Waals surface area contributed by atoms with Crippen LogP contribution >= 0.6 is 0 Å². The Hall–Kier alpha value is -1.33. The zero-order valence-electron chi connectivity index (χ0n) is 5.77. The molecule has 0 aliphatic rings. The van der Waals surface area contributed by atoms with Crippen LogP contribution in [0.3, 0.4) is 0 Å². The maximum Gasteiger partial charge on any atom is 0.393 e. The van der Waals surface area contributed by atoms with Crippen molar-refractivity contribution in [2.75, 3.05) is 0 Å². The van der Waals surface area contributed by atoms with Crippen molar-refractivity contribution < 1.29 is 25.2 Å². The molecule has 0 atom stereocenters. The number of para-hydroxylation sites is 2. The molecule has 0 N–H and O–H groups in total. The normalized spacial score (nSPS) is 9.42. The van der Waals surface area contributed by atoms with Gasteiger partial charge in [0.2, 0.25) is 0 Å². The van der Waals surface area contributed by atoms with Crippen LogP contribution in [0.4, 0.5) is 5.69 Å². The largest absolute Gasteiger partial charge is 0.495 e. The minimum Gasteiger partial charge on any atom is -0.495 e. The van der Waals surface area contributed by atoms with E-state index < -0.39 is 4.92 Å². The first kappa shape index (κ1) is 8.76. The smallest absolute Gasteiger partial charge is 0.393 e. The SMILES string of the molecule is O=[N+]([O-])c1ccccc1O[Cl+][O-]. The second-order valence-corrected chi connectivity index (χ2v) is 2.15. The van der Waals surface area contributed by atoms with E-state index in [1.54, 1.807) is 6.07 Å². The number of hydrogen-bond acceptors (Lipinski definition) is 4. The summed E-state index contributed by atoms with van der Waals surface area (Å²) in [5.74, 6) is -0.0502. The lowest BCUT2D eigenvalue weighted by atomic mass is 10.3. The van der Waals surface area contributed by atoms with Gasteiger partial charge in [-0.2, -0.15) is 0 Å². The minimum atomic E-state index is -0.614. The Morgan fingerprint density at radius 1 is 1.42 bits per heavy atom. The van der Waals surface area contributed by atoms with Gasteiger partial charge in [0.15, 0.2) is 0 Å². The zero-order valence-corrected chi connectivity index (χ0v) is 6.52. The van der Waals surface area contributed by atoms with E-state index in [9.17, 15) is 14.8 Å². The van der Waals surface area contributed by atoms with E-state index in [1.807, 2.05) is 0 Å². The molecular weight excluding hydrogens is 186 g/mol. The third-order valence-electron chi connectivity index (χ3n) is 1.18. The molecule has 0 spiro atoms. The van der Waals surface area contributed by atoms with Crippen LogP contribution in [-0.2, 0) is 0 Å². The van der Waals surface area contributed by atoms with Crippen molar-refractivity contribution in [3.63, 3.8) is 0 Å². The van der Waals surface area contributed by atoms with Crippen LogP contribution in [0.25, 0.3) is 0 Å². The van der Waals surface area contributed by atoms with Gasteiger partial charge in [-0.25, -0.2) is 4.29 Å². The van der Waals surface area contributed by atoms with Gasteiger partial charge in [-0.1, -0.05) is 12.1 Å². The van der Waals surface area contributed by atoms with Crippen molar-refractivity contribution in [1.29, 1.82) is 0 Å². The molecule has 1 rings (SSSR count). The van der Waals surface area contributed by atoms with Gasteiger partial charge in [-0.05, 0) is 6.07 Å². The van der Waals surface area contributed by atoms with Gasteiger partial charge in [0.1, 0.15) is 0 Å². The van der Waals surface area contributed by atoms with Crippen LogP contribution in [0.15, 0.2) is 24.3 Å². The van der Waals surface area contributed by atoms with Gasteiger partial charge >= 0.3 is 17.0 Å². The number of nitrogens with zero attached hydrogens (tertiary/aromatic N) is 1. The Kier molecular flexibility index (Phi) is 2.84. The second kappa shape index (κ2) is 3.89. The standard InChI is InChI=1S/C6H4ClNO4/c9-7-12-6-4-2-1-3-5(6)8(10)11/h1-4H. The van der Waals surface area contributed by atoms with Crippen molar-refractivity contribution in [2.24, 2.45) is 0 Å². The number of hydrogen-bond donors (Lipinski definition) is 0. The molecule has 0 aliphatic carbocycles. The molecule has 0 heterocycles. The molecule has 0 saturated carbocycles. The molecule has 0 aromatic heterocycles.